The van der Waals surface area contributed by atoms with Crippen LogP contribution in [0.4, 0.5) is 0 Å². The number of carbonyl (C=O) groups excluding carboxylic acids is 2. The van der Waals surface area contributed by atoms with Gasteiger partial charge in [-0.2, -0.15) is 0 Å². The minimum Gasteiger partial charge on any atom is -0.458 e. The lowest BCUT2D eigenvalue weighted by Gasteiger charge is -2.25. The van der Waals surface area contributed by atoms with E-state index in [0.717, 1.165) is 0 Å². The first-order valence-corrected chi connectivity index (χ1v) is 5.88. The van der Waals surface area contributed by atoms with Crippen molar-refractivity contribution in [3.05, 3.63) is 48.2 Å². The van der Waals surface area contributed by atoms with Gasteiger partial charge in [0.15, 0.2) is 0 Å². The molecule has 1 amide bonds. The van der Waals surface area contributed by atoms with Crippen LogP contribution in [0.15, 0.2) is 42.6 Å². The fraction of sp³-hybridized carbons (Fsp3) is 0.286. The molecule has 1 unspecified atom stereocenters. The molecule has 1 aromatic rings. The number of hydrogen-bond acceptors (Lipinski definition) is 3. The standard InChI is InChI=1S/C14H15NO3/c1-11(16)18-13-7-9-15(10-8-13)14(17)12-5-3-2-4-6-12/h2-7,9,13H,8,10H2,1H3. The van der Waals surface area contributed by atoms with Crippen molar-refractivity contribution < 1.29 is 14.3 Å². The summed E-state index contributed by atoms with van der Waals surface area (Å²) in [6.45, 7) is 1.94. The topological polar surface area (TPSA) is 46.6 Å². The van der Waals surface area contributed by atoms with Crippen molar-refractivity contribution in [1.82, 2.24) is 4.90 Å². The smallest absolute Gasteiger partial charge is 0.303 e. The summed E-state index contributed by atoms with van der Waals surface area (Å²) in [7, 11) is 0. The fourth-order valence-electron chi connectivity index (χ4n) is 1.86. The van der Waals surface area contributed by atoms with Crippen molar-refractivity contribution in [2.24, 2.45) is 0 Å². The maximum absolute atomic E-state index is 12.1. The van der Waals surface area contributed by atoms with Crippen LogP contribution in [0.25, 0.3) is 0 Å². The molecule has 0 radical (unpaired) electrons. The maximum atomic E-state index is 12.1. The Morgan fingerprint density at radius 3 is 2.56 bits per heavy atom. The molecule has 0 saturated carbocycles. The first-order valence-electron chi connectivity index (χ1n) is 5.88. The van der Waals surface area contributed by atoms with Crippen LogP contribution in [0.1, 0.15) is 23.7 Å². The average Bonchev–Trinajstić information content (AvgIpc) is 2.39. The summed E-state index contributed by atoms with van der Waals surface area (Å²) in [5.74, 6) is -0.333. The second-order valence-electron chi connectivity index (χ2n) is 4.14. The number of carbonyl (C=O) groups is 2. The van der Waals surface area contributed by atoms with Crippen LogP contribution in [0.3, 0.4) is 0 Å². The summed E-state index contributed by atoms with van der Waals surface area (Å²) in [5, 5.41) is 0. The van der Waals surface area contributed by atoms with Crippen molar-refractivity contribution in [3.63, 3.8) is 0 Å². The van der Waals surface area contributed by atoms with E-state index in [4.69, 9.17) is 4.74 Å². The normalized spacial score (nSPS) is 18.5. The van der Waals surface area contributed by atoms with E-state index in [9.17, 15) is 9.59 Å². The molecule has 1 aliphatic heterocycles. The fourth-order valence-corrected chi connectivity index (χ4v) is 1.86. The van der Waals surface area contributed by atoms with Gasteiger partial charge in [-0.15, -0.1) is 0 Å². The molecule has 1 aliphatic rings. The van der Waals surface area contributed by atoms with Gasteiger partial charge in [0.05, 0.1) is 0 Å². The molecule has 0 N–H and O–H groups in total. The molecular weight excluding hydrogens is 230 g/mol. The Labute approximate surface area is 106 Å². The van der Waals surface area contributed by atoms with E-state index in [1.54, 1.807) is 29.3 Å². The van der Waals surface area contributed by atoms with Crippen LogP contribution in [0.2, 0.25) is 0 Å². The average molecular weight is 245 g/mol. The van der Waals surface area contributed by atoms with Gasteiger partial charge in [0.2, 0.25) is 0 Å². The van der Waals surface area contributed by atoms with Crippen molar-refractivity contribution in [2.75, 3.05) is 6.54 Å². The third kappa shape index (κ3) is 2.97. The quantitative estimate of drug-likeness (QED) is 0.748. The van der Waals surface area contributed by atoms with Gasteiger partial charge in [0, 0.05) is 31.7 Å². The lowest BCUT2D eigenvalue weighted by Crippen LogP contribution is -2.33. The molecule has 0 bridgehead atoms. The van der Waals surface area contributed by atoms with Gasteiger partial charge >= 0.3 is 5.97 Å². The van der Waals surface area contributed by atoms with E-state index in [1.807, 2.05) is 18.2 Å². The zero-order chi connectivity index (χ0) is 13.0. The number of nitrogens with zero attached hydrogens (tertiary/aromatic N) is 1. The molecule has 2 rings (SSSR count). The van der Waals surface area contributed by atoms with E-state index >= 15 is 0 Å². The Hall–Kier alpha value is -2.10. The van der Waals surface area contributed by atoms with Crippen LogP contribution in [0, 0.1) is 0 Å². The highest BCUT2D eigenvalue weighted by Crippen LogP contribution is 2.14. The van der Waals surface area contributed by atoms with E-state index in [2.05, 4.69) is 0 Å². The third-order valence-corrected chi connectivity index (χ3v) is 2.73. The predicted molar refractivity (Wildman–Crippen MR) is 66.8 cm³/mol. The molecule has 0 spiro atoms. The molecular formula is C14H15NO3. The Morgan fingerprint density at radius 1 is 1.28 bits per heavy atom. The number of hydrogen-bond donors (Lipinski definition) is 0. The molecule has 0 aliphatic carbocycles. The SMILES string of the molecule is CC(=O)OC1C=CN(C(=O)c2ccccc2)CC1. The number of benzene rings is 1. The Bertz CT molecular complexity index is 467. The number of rotatable bonds is 2. The second kappa shape index (κ2) is 5.49. The molecule has 94 valence electrons. The van der Waals surface area contributed by atoms with E-state index in [-0.39, 0.29) is 18.0 Å². The Kier molecular flexibility index (Phi) is 3.77. The molecule has 1 heterocycles. The van der Waals surface area contributed by atoms with Crippen molar-refractivity contribution in [2.45, 2.75) is 19.4 Å². The zero-order valence-electron chi connectivity index (χ0n) is 10.2. The lowest BCUT2D eigenvalue weighted by molar-refractivity contribution is -0.144. The minimum atomic E-state index is -0.299. The van der Waals surface area contributed by atoms with Crippen LogP contribution in [-0.4, -0.2) is 29.4 Å². The summed E-state index contributed by atoms with van der Waals surface area (Å²) in [6, 6.07) is 9.12. The summed E-state index contributed by atoms with van der Waals surface area (Å²) in [6.07, 6.45) is 3.84. The van der Waals surface area contributed by atoms with Crippen molar-refractivity contribution >= 4 is 11.9 Å². The van der Waals surface area contributed by atoms with Crippen molar-refractivity contribution in [1.29, 1.82) is 0 Å². The number of amides is 1. The summed E-state index contributed by atoms with van der Waals surface area (Å²) >= 11 is 0. The van der Waals surface area contributed by atoms with Gasteiger partial charge in [-0.05, 0) is 18.2 Å². The first kappa shape index (κ1) is 12.4. The maximum Gasteiger partial charge on any atom is 0.303 e. The summed E-state index contributed by atoms with van der Waals surface area (Å²) in [5.41, 5.74) is 0.660. The molecule has 1 aromatic carbocycles. The summed E-state index contributed by atoms with van der Waals surface area (Å²) < 4.78 is 5.06. The predicted octanol–water partition coefficient (Wildman–Crippen LogP) is 1.98. The number of ether oxygens (including phenoxy) is 1. The molecule has 1 atom stereocenters. The molecule has 18 heavy (non-hydrogen) atoms. The van der Waals surface area contributed by atoms with Gasteiger partial charge in [-0.3, -0.25) is 9.59 Å². The molecule has 4 nitrogen and oxygen atoms in total. The van der Waals surface area contributed by atoms with Crippen molar-refractivity contribution in [3.8, 4) is 0 Å². The van der Waals surface area contributed by atoms with Crippen LogP contribution in [0.5, 0.6) is 0 Å². The highest BCUT2D eigenvalue weighted by molar-refractivity contribution is 5.94. The second-order valence-corrected chi connectivity index (χ2v) is 4.14. The van der Waals surface area contributed by atoms with Crippen LogP contribution < -0.4 is 0 Å². The third-order valence-electron chi connectivity index (χ3n) is 2.73. The van der Waals surface area contributed by atoms with Gasteiger partial charge < -0.3 is 9.64 Å². The lowest BCUT2D eigenvalue weighted by atomic mass is 10.1. The van der Waals surface area contributed by atoms with E-state index in [1.165, 1.54) is 6.92 Å². The Balaban J connectivity index is 2.01. The van der Waals surface area contributed by atoms with Crippen LogP contribution in [-0.2, 0) is 9.53 Å². The number of esters is 1. The zero-order valence-corrected chi connectivity index (χ0v) is 10.2. The minimum absolute atomic E-state index is 0.0341. The van der Waals surface area contributed by atoms with E-state index < -0.39 is 0 Å². The summed E-state index contributed by atoms with van der Waals surface area (Å²) in [4.78, 5) is 24.5. The highest BCUT2D eigenvalue weighted by Gasteiger charge is 2.20. The first-order chi connectivity index (χ1) is 8.66. The van der Waals surface area contributed by atoms with Crippen LogP contribution >= 0.6 is 0 Å². The monoisotopic (exact) mass is 245 g/mol. The van der Waals surface area contributed by atoms with Gasteiger partial charge in [0.25, 0.3) is 5.91 Å². The van der Waals surface area contributed by atoms with E-state index in [0.29, 0.717) is 18.5 Å². The van der Waals surface area contributed by atoms with Gasteiger partial charge in [0.1, 0.15) is 6.10 Å². The largest absolute Gasteiger partial charge is 0.458 e. The highest BCUT2D eigenvalue weighted by atomic mass is 16.5. The molecule has 0 saturated heterocycles. The van der Waals surface area contributed by atoms with Gasteiger partial charge in [-0.25, -0.2) is 0 Å². The Morgan fingerprint density at radius 2 is 2.00 bits per heavy atom. The molecule has 0 aromatic heterocycles. The van der Waals surface area contributed by atoms with Gasteiger partial charge in [-0.1, -0.05) is 18.2 Å². The molecule has 0 fully saturated rings. The molecule has 4 heteroatoms.